The lowest BCUT2D eigenvalue weighted by molar-refractivity contribution is 0.316. The Balaban J connectivity index is 3.81. The van der Waals surface area contributed by atoms with Crippen molar-refractivity contribution in [3.63, 3.8) is 0 Å². The maximum Gasteiger partial charge on any atom is -0.0412 e. The molecule has 2 unspecified atom stereocenters. The Labute approximate surface area is 130 Å². The molecule has 0 rings (SSSR count). The van der Waals surface area contributed by atoms with Gasteiger partial charge in [-0.1, -0.05) is 111 Å². The highest BCUT2D eigenvalue weighted by Gasteiger charge is 2.12. The molecule has 0 spiro atoms. The first kappa shape index (κ1) is 20.0. The van der Waals surface area contributed by atoms with Crippen LogP contribution in [0.2, 0.25) is 0 Å². The van der Waals surface area contributed by atoms with Gasteiger partial charge in [-0.2, -0.15) is 0 Å². The van der Waals surface area contributed by atoms with Crippen LogP contribution in [0.4, 0.5) is 0 Å². The van der Waals surface area contributed by atoms with Gasteiger partial charge in [-0.25, -0.2) is 0 Å². The molecule has 0 saturated carbocycles. The van der Waals surface area contributed by atoms with Crippen molar-refractivity contribution in [2.24, 2.45) is 11.8 Å². The molecule has 0 heteroatoms. The van der Waals surface area contributed by atoms with Gasteiger partial charge in [-0.05, 0) is 18.3 Å². The summed E-state index contributed by atoms with van der Waals surface area (Å²) >= 11 is 0. The molecule has 20 heavy (non-hydrogen) atoms. The summed E-state index contributed by atoms with van der Waals surface area (Å²) in [7, 11) is 0. The van der Waals surface area contributed by atoms with E-state index in [2.05, 4.69) is 27.7 Å². The van der Waals surface area contributed by atoms with E-state index in [1.165, 1.54) is 89.9 Å². The standard InChI is InChI=1S/C20H42/c1-5-8-11-13-15-19(4)18-20(16-10-7-3)17-14-12-9-6-2/h19-20H,5-18H2,1-4H3. The Kier molecular flexibility index (Phi) is 15.4. The van der Waals surface area contributed by atoms with E-state index in [0.29, 0.717) is 0 Å². The molecule has 122 valence electrons. The number of hydrogen-bond acceptors (Lipinski definition) is 0. The topological polar surface area (TPSA) is 0 Å². The molecule has 0 heterocycles. The lowest BCUT2D eigenvalue weighted by Crippen LogP contribution is -2.07. The minimum atomic E-state index is 0.958. The van der Waals surface area contributed by atoms with E-state index in [0.717, 1.165) is 11.8 Å². The van der Waals surface area contributed by atoms with Crippen molar-refractivity contribution in [1.29, 1.82) is 0 Å². The molecular formula is C20H42. The molecule has 0 aromatic carbocycles. The molecule has 0 radical (unpaired) electrons. The second-order valence-corrected chi connectivity index (χ2v) is 7.05. The summed E-state index contributed by atoms with van der Waals surface area (Å²) < 4.78 is 0. The van der Waals surface area contributed by atoms with Gasteiger partial charge in [0, 0.05) is 0 Å². The zero-order valence-electron chi connectivity index (χ0n) is 15.1. The van der Waals surface area contributed by atoms with Gasteiger partial charge in [-0.15, -0.1) is 0 Å². The maximum absolute atomic E-state index is 2.50. The highest BCUT2D eigenvalue weighted by molar-refractivity contribution is 4.65. The van der Waals surface area contributed by atoms with Crippen LogP contribution in [0.1, 0.15) is 118 Å². The van der Waals surface area contributed by atoms with Crippen LogP contribution in [0.15, 0.2) is 0 Å². The molecule has 2 atom stereocenters. The Morgan fingerprint density at radius 2 is 1.05 bits per heavy atom. The average molecular weight is 283 g/mol. The van der Waals surface area contributed by atoms with Crippen molar-refractivity contribution in [1.82, 2.24) is 0 Å². The SMILES string of the molecule is CCCCCCC(C)CC(CCCC)CCCCCC. The van der Waals surface area contributed by atoms with Crippen LogP contribution in [-0.4, -0.2) is 0 Å². The van der Waals surface area contributed by atoms with Crippen molar-refractivity contribution in [2.45, 2.75) is 118 Å². The Morgan fingerprint density at radius 3 is 1.60 bits per heavy atom. The van der Waals surface area contributed by atoms with Gasteiger partial charge in [0.05, 0.1) is 0 Å². The molecule has 0 aliphatic rings. The molecule has 0 aliphatic heterocycles. The first-order valence-corrected chi connectivity index (χ1v) is 9.74. The van der Waals surface area contributed by atoms with Crippen LogP contribution in [-0.2, 0) is 0 Å². The average Bonchev–Trinajstić information content (AvgIpc) is 2.45. The molecule has 0 aromatic heterocycles. The second-order valence-electron chi connectivity index (χ2n) is 7.05. The van der Waals surface area contributed by atoms with Crippen LogP contribution in [0.25, 0.3) is 0 Å². The van der Waals surface area contributed by atoms with Crippen LogP contribution < -0.4 is 0 Å². The Bertz CT molecular complexity index is 173. The van der Waals surface area contributed by atoms with Gasteiger partial charge in [-0.3, -0.25) is 0 Å². The second kappa shape index (κ2) is 15.4. The number of unbranched alkanes of at least 4 members (excludes halogenated alkanes) is 7. The summed E-state index contributed by atoms with van der Waals surface area (Å²) in [5.41, 5.74) is 0. The fourth-order valence-corrected chi connectivity index (χ4v) is 3.34. The number of hydrogen-bond donors (Lipinski definition) is 0. The predicted molar refractivity (Wildman–Crippen MR) is 94.3 cm³/mol. The first-order chi connectivity index (χ1) is 9.74. The Morgan fingerprint density at radius 1 is 0.550 bits per heavy atom. The normalized spacial score (nSPS) is 14.4. The third kappa shape index (κ3) is 13.0. The van der Waals surface area contributed by atoms with Crippen LogP contribution in [0, 0.1) is 11.8 Å². The molecule has 0 bridgehead atoms. The highest BCUT2D eigenvalue weighted by atomic mass is 14.2. The van der Waals surface area contributed by atoms with E-state index in [1.807, 2.05) is 0 Å². The van der Waals surface area contributed by atoms with Gasteiger partial charge in [0.2, 0.25) is 0 Å². The third-order valence-corrected chi connectivity index (χ3v) is 4.72. The molecule has 0 fully saturated rings. The van der Waals surface area contributed by atoms with E-state index in [-0.39, 0.29) is 0 Å². The van der Waals surface area contributed by atoms with Crippen LogP contribution in [0.5, 0.6) is 0 Å². The van der Waals surface area contributed by atoms with Gasteiger partial charge in [0.25, 0.3) is 0 Å². The predicted octanol–water partition coefficient (Wildman–Crippen LogP) is 7.76. The maximum atomic E-state index is 2.50. The minimum Gasteiger partial charge on any atom is -0.0654 e. The van der Waals surface area contributed by atoms with E-state index in [4.69, 9.17) is 0 Å². The van der Waals surface area contributed by atoms with Gasteiger partial charge in [0.1, 0.15) is 0 Å². The summed E-state index contributed by atoms with van der Waals surface area (Å²) in [6.07, 6.45) is 20.2. The largest absolute Gasteiger partial charge is 0.0654 e. The van der Waals surface area contributed by atoms with Crippen molar-refractivity contribution in [3.05, 3.63) is 0 Å². The van der Waals surface area contributed by atoms with E-state index >= 15 is 0 Å². The van der Waals surface area contributed by atoms with Crippen molar-refractivity contribution in [2.75, 3.05) is 0 Å². The smallest absolute Gasteiger partial charge is 0.0412 e. The molecule has 0 aromatic rings. The molecule has 0 N–H and O–H groups in total. The van der Waals surface area contributed by atoms with E-state index in [9.17, 15) is 0 Å². The van der Waals surface area contributed by atoms with Crippen LogP contribution >= 0.6 is 0 Å². The fourth-order valence-electron chi connectivity index (χ4n) is 3.34. The monoisotopic (exact) mass is 282 g/mol. The Hall–Kier alpha value is 0. The number of rotatable bonds is 15. The van der Waals surface area contributed by atoms with Crippen molar-refractivity contribution in [3.8, 4) is 0 Å². The van der Waals surface area contributed by atoms with Gasteiger partial charge >= 0.3 is 0 Å². The minimum absolute atomic E-state index is 0.958. The zero-order valence-corrected chi connectivity index (χ0v) is 15.1. The van der Waals surface area contributed by atoms with Crippen LogP contribution in [0.3, 0.4) is 0 Å². The molecule has 0 amide bonds. The summed E-state index contributed by atoms with van der Waals surface area (Å²) in [5, 5.41) is 0. The van der Waals surface area contributed by atoms with E-state index in [1.54, 1.807) is 0 Å². The van der Waals surface area contributed by atoms with Gasteiger partial charge in [0.15, 0.2) is 0 Å². The summed E-state index contributed by atoms with van der Waals surface area (Å²) in [5.74, 6) is 1.98. The summed E-state index contributed by atoms with van der Waals surface area (Å²) in [6.45, 7) is 9.45. The third-order valence-electron chi connectivity index (χ3n) is 4.72. The first-order valence-electron chi connectivity index (χ1n) is 9.74. The summed E-state index contributed by atoms with van der Waals surface area (Å²) in [4.78, 5) is 0. The van der Waals surface area contributed by atoms with Crippen molar-refractivity contribution < 1.29 is 0 Å². The molecule has 0 aliphatic carbocycles. The summed E-state index contributed by atoms with van der Waals surface area (Å²) in [6, 6.07) is 0. The van der Waals surface area contributed by atoms with Crippen molar-refractivity contribution >= 4 is 0 Å². The highest BCUT2D eigenvalue weighted by Crippen LogP contribution is 2.27. The van der Waals surface area contributed by atoms with E-state index < -0.39 is 0 Å². The zero-order chi connectivity index (χ0) is 15.1. The molecule has 0 nitrogen and oxygen atoms in total. The van der Waals surface area contributed by atoms with Gasteiger partial charge < -0.3 is 0 Å². The fraction of sp³-hybridized carbons (Fsp3) is 1.00. The quantitative estimate of drug-likeness (QED) is 0.269. The lowest BCUT2D eigenvalue weighted by Gasteiger charge is -2.21. The lowest BCUT2D eigenvalue weighted by atomic mass is 9.85. The molecular weight excluding hydrogens is 240 g/mol. The molecule has 0 saturated heterocycles.